The number of carbonyl (C=O) groups is 1. The molecule has 0 aliphatic carbocycles. The second-order valence-corrected chi connectivity index (χ2v) is 6.44. The Morgan fingerprint density at radius 2 is 2.04 bits per heavy atom. The molecule has 0 atom stereocenters. The summed E-state index contributed by atoms with van der Waals surface area (Å²) in [6.45, 7) is 3.97. The van der Waals surface area contributed by atoms with Crippen molar-refractivity contribution in [3.63, 3.8) is 0 Å². The third-order valence-corrected chi connectivity index (χ3v) is 4.08. The quantitative estimate of drug-likeness (QED) is 0.539. The van der Waals surface area contributed by atoms with E-state index in [1.54, 1.807) is 32.3 Å². The van der Waals surface area contributed by atoms with Crippen molar-refractivity contribution in [3.8, 4) is 5.88 Å². The van der Waals surface area contributed by atoms with E-state index in [1.807, 2.05) is 43.3 Å². The number of aliphatic imine (C=N–C) groups is 1. The number of hydrogen-bond acceptors (Lipinski definition) is 4. The van der Waals surface area contributed by atoms with Crippen LogP contribution in [-0.2, 0) is 13.0 Å². The fourth-order valence-electron chi connectivity index (χ4n) is 2.68. The zero-order valence-corrected chi connectivity index (χ0v) is 17.0. The minimum absolute atomic E-state index is 0.00938. The predicted octanol–water partition coefficient (Wildman–Crippen LogP) is 2.09. The first kappa shape index (κ1) is 21.2. The third-order valence-electron chi connectivity index (χ3n) is 4.08. The number of rotatable bonds is 8. The van der Waals surface area contributed by atoms with Gasteiger partial charge in [0.05, 0.1) is 13.7 Å². The molecule has 0 spiro atoms. The largest absolute Gasteiger partial charge is 0.481 e. The van der Waals surface area contributed by atoms with Crippen LogP contribution in [0.5, 0.6) is 5.88 Å². The molecule has 0 unspecified atom stereocenters. The Morgan fingerprint density at radius 1 is 1.21 bits per heavy atom. The lowest BCUT2D eigenvalue weighted by Crippen LogP contribution is -2.38. The van der Waals surface area contributed by atoms with Crippen LogP contribution >= 0.6 is 0 Å². The summed E-state index contributed by atoms with van der Waals surface area (Å²) >= 11 is 0. The second-order valence-electron chi connectivity index (χ2n) is 6.44. The molecular weight excluding hydrogens is 354 g/mol. The highest BCUT2D eigenvalue weighted by Crippen LogP contribution is 2.14. The summed E-state index contributed by atoms with van der Waals surface area (Å²) in [7, 11) is 5.12. The average Bonchev–Trinajstić information content (AvgIpc) is 2.71. The summed E-state index contributed by atoms with van der Waals surface area (Å²) in [5.74, 6) is 1.33. The monoisotopic (exact) mass is 383 g/mol. The number of methoxy groups -OCH3 is 1. The average molecular weight is 383 g/mol. The lowest BCUT2D eigenvalue weighted by molar-refractivity contribution is 0.0827. The highest BCUT2D eigenvalue weighted by molar-refractivity contribution is 5.94. The van der Waals surface area contributed by atoms with Crippen LogP contribution in [0.25, 0.3) is 0 Å². The van der Waals surface area contributed by atoms with Gasteiger partial charge in [0.1, 0.15) is 0 Å². The third kappa shape index (κ3) is 6.26. The van der Waals surface area contributed by atoms with Crippen LogP contribution in [0.2, 0.25) is 0 Å². The summed E-state index contributed by atoms with van der Waals surface area (Å²) in [4.78, 5) is 22.5. The van der Waals surface area contributed by atoms with Gasteiger partial charge in [-0.15, -0.1) is 0 Å². The number of nitrogens with zero attached hydrogens (tertiary/aromatic N) is 3. The van der Waals surface area contributed by atoms with Crippen molar-refractivity contribution in [1.82, 2.24) is 20.5 Å². The van der Waals surface area contributed by atoms with E-state index in [4.69, 9.17) is 4.74 Å². The maximum absolute atomic E-state index is 12.1. The van der Waals surface area contributed by atoms with E-state index >= 15 is 0 Å². The summed E-state index contributed by atoms with van der Waals surface area (Å²) in [5, 5.41) is 6.57. The molecule has 1 aromatic heterocycles. The lowest BCUT2D eigenvalue weighted by atomic mass is 10.1. The minimum atomic E-state index is 0.00938. The molecule has 0 saturated carbocycles. The summed E-state index contributed by atoms with van der Waals surface area (Å²) in [6.07, 6.45) is 2.49. The van der Waals surface area contributed by atoms with Gasteiger partial charge in [0.25, 0.3) is 5.91 Å². The number of nitrogens with one attached hydrogen (secondary N) is 2. The molecule has 0 radical (unpaired) electrons. The van der Waals surface area contributed by atoms with Crippen LogP contribution < -0.4 is 15.4 Å². The molecule has 0 bridgehead atoms. The smallest absolute Gasteiger partial charge is 0.253 e. The molecule has 1 amide bonds. The summed E-state index contributed by atoms with van der Waals surface area (Å²) in [6, 6.07) is 11.5. The normalized spacial score (nSPS) is 11.1. The Kier molecular flexibility index (Phi) is 8.27. The molecule has 0 aliphatic rings. The summed E-state index contributed by atoms with van der Waals surface area (Å²) in [5.41, 5.74) is 2.73. The maximum Gasteiger partial charge on any atom is 0.253 e. The first-order chi connectivity index (χ1) is 13.5. The van der Waals surface area contributed by atoms with Gasteiger partial charge in [0.2, 0.25) is 5.88 Å². The van der Waals surface area contributed by atoms with Gasteiger partial charge < -0.3 is 20.3 Å². The van der Waals surface area contributed by atoms with Crippen molar-refractivity contribution in [2.75, 3.05) is 34.3 Å². The minimum Gasteiger partial charge on any atom is -0.481 e. The highest BCUT2D eigenvalue weighted by atomic mass is 16.5. The Hall–Kier alpha value is -3.09. The number of guanidine groups is 1. The van der Waals surface area contributed by atoms with Crippen LogP contribution in [0.4, 0.5) is 0 Å². The maximum atomic E-state index is 12.1. The van der Waals surface area contributed by atoms with Gasteiger partial charge in [0, 0.05) is 44.5 Å². The molecule has 2 rings (SSSR count). The van der Waals surface area contributed by atoms with Crippen LogP contribution in [0, 0.1) is 0 Å². The number of benzene rings is 1. The van der Waals surface area contributed by atoms with Crippen molar-refractivity contribution in [1.29, 1.82) is 0 Å². The van der Waals surface area contributed by atoms with Crippen LogP contribution in [0.15, 0.2) is 47.6 Å². The van der Waals surface area contributed by atoms with Crippen LogP contribution in [-0.4, -0.2) is 56.0 Å². The first-order valence-corrected chi connectivity index (χ1v) is 9.35. The number of amides is 1. The Balaban J connectivity index is 1.96. The van der Waals surface area contributed by atoms with Gasteiger partial charge in [-0.05, 0) is 37.1 Å². The number of carbonyl (C=O) groups excluding carboxylic acids is 1. The molecule has 0 fully saturated rings. The van der Waals surface area contributed by atoms with Crippen LogP contribution in [0.3, 0.4) is 0 Å². The van der Waals surface area contributed by atoms with E-state index < -0.39 is 0 Å². The molecule has 2 N–H and O–H groups in total. The van der Waals surface area contributed by atoms with Gasteiger partial charge in [0.15, 0.2) is 5.96 Å². The van der Waals surface area contributed by atoms with Crippen molar-refractivity contribution in [2.24, 2.45) is 4.99 Å². The van der Waals surface area contributed by atoms with E-state index in [1.165, 1.54) is 0 Å². The van der Waals surface area contributed by atoms with Crippen molar-refractivity contribution < 1.29 is 9.53 Å². The topological polar surface area (TPSA) is 78.9 Å². The zero-order chi connectivity index (χ0) is 20.4. The number of hydrogen-bond donors (Lipinski definition) is 2. The van der Waals surface area contributed by atoms with Gasteiger partial charge in [-0.3, -0.25) is 4.79 Å². The van der Waals surface area contributed by atoms with Crippen molar-refractivity contribution in [3.05, 3.63) is 59.3 Å². The number of ether oxygens (including phenoxy) is 1. The van der Waals surface area contributed by atoms with Gasteiger partial charge in [-0.25, -0.2) is 9.98 Å². The molecule has 28 heavy (non-hydrogen) atoms. The first-order valence-electron chi connectivity index (χ1n) is 9.35. The lowest BCUT2D eigenvalue weighted by Gasteiger charge is -2.13. The Labute approximate surface area is 166 Å². The number of pyridine rings is 1. The van der Waals surface area contributed by atoms with Gasteiger partial charge in [-0.2, -0.15) is 0 Å². The van der Waals surface area contributed by atoms with Gasteiger partial charge in [-0.1, -0.05) is 18.2 Å². The molecule has 0 aliphatic heterocycles. The molecule has 2 aromatic rings. The fraction of sp³-hybridized carbons (Fsp3) is 0.381. The number of aromatic nitrogens is 1. The predicted molar refractivity (Wildman–Crippen MR) is 112 cm³/mol. The molecular formula is C21H29N5O2. The molecule has 7 heteroatoms. The molecule has 150 valence electrons. The second kappa shape index (κ2) is 10.9. The molecule has 1 aromatic carbocycles. The van der Waals surface area contributed by atoms with E-state index in [0.717, 1.165) is 30.1 Å². The Morgan fingerprint density at radius 3 is 2.75 bits per heavy atom. The van der Waals surface area contributed by atoms with Crippen LogP contribution in [0.1, 0.15) is 28.4 Å². The van der Waals surface area contributed by atoms with E-state index in [0.29, 0.717) is 24.5 Å². The van der Waals surface area contributed by atoms with E-state index in [2.05, 4.69) is 20.6 Å². The Bertz CT molecular complexity index is 805. The van der Waals surface area contributed by atoms with E-state index in [-0.39, 0.29) is 5.91 Å². The molecule has 0 saturated heterocycles. The highest BCUT2D eigenvalue weighted by Gasteiger charge is 2.08. The molecule has 1 heterocycles. The molecule has 7 nitrogen and oxygen atoms in total. The standard InChI is InChI=1S/C21H29N5O2/c1-5-22-21(25-15-18-10-7-12-23-19(18)28-4)24-13-11-16-8-6-9-17(14-16)20(27)26(2)3/h6-10,12,14H,5,11,13,15H2,1-4H3,(H2,22,24,25). The van der Waals surface area contributed by atoms with Crippen molar-refractivity contribution in [2.45, 2.75) is 19.9 Å². The zero-order valence-electron chi connectivity index (χ0n) is 17.0. The summed E-state index contributed by atoms with van der Waals surface area (Å²) < 4.78 is 5.27. The van der Waals surface area contributed by atoms with Crippen molar-refractivity contribution >= 4 is 11.9 Å². The fourth-order valence-corrected chi connectivity index (χ4v) is 2.68. The van der Waals surface area contributed by atoms with E-state index in [9.17, 15) is 4.79 Å². The SMILES string of the molecule is CCNC(=NCc1cccnc1OC)NCCc1cccc(C(=O)N(C)C)c1. The van der Waals surface area contributed by atoms with Gasteiger partial charge >= 0.3 is 0 Å².